The number of hydrogen-bond acceptors (Lipinski definition) is 2. The molecule has 1 heterocycles. The first kappa shape index (κ1) is 13.3. The maximum Gasteiger partial charge on any atom is 0.320 e. The van der Waals surface area contributed by atoms with Crippen molar-refractivity contribution in [3.05, 3.63) is 29.8 Å². The molecule has 98 valence electrons. The quantitative estimate of drug-likeness (QED) is 0.783. The van der Waals surface area contributed by atoms with Crippen LogP contribution in [0.2, 0.25) is 0 Å². The Morgan fingerprint density at radius 1 is 1.28 bits per heavy atom. The number of benzene rings is 1. The minimum atomic E-state index is 0.129. The molecular formula is C14H20N2OS. The van der Waals surface area contributed by atoms with E-state index < -0.39 is 0 Å². The second kappa shape index (κ2) is 5.22. The molecule has 0 radical (unpaired) electrons. The molecule has 1 aliphatic rings. The average molecular weight is 264 g/mol. The molecule has 0 aromatic heterocycles. The molecule has 1 unspecified atom stereocenters. The molecule has 2 rings (SSSR count). The lowest BCUT2D eigenvalue weighted by molar-refractivity contribution is 0.187. The molecule has 1 atom stereocenters. The second-order valence-electron chi connectivity index (χ2n) is 4.93. The zero-order valence-electron chi connectivity index (χ0n) is 11.4. The second-order valence-corrected chi connectivity index (χ2v) is 5.81. The van der Waals surface area contributed by atoms with E-state index in [9.17, 15) is 4.79 Å². The van der Waals surface area contributed by atoms with Gasteiger partial charge in [0.15, 0.2) is 0 Å². The van der Waals surface area contributed by atoms with Gasteiger partial charge in [-0.2, -0.15) is 0 Å². The molecule has 1 aliphatic heterocycles. The zero-order valence-corrected chi connectivity index (χ0v) is 12.2. The van der Waals surface area contributed by atoms with Crippen molar-refractivity contribution in [3.8, 4) is 0 Å². The Hall–Kier alpha value is -1.16. The molecule has 18 heavy (non-hydrogen) atoms. The fourth-order valence-electron chi connectivity index (χ4n) is 2.31. The topological polar surface area (TPSA) is 23.6 Å². The fraction of sp³-hybridized carbons (Fsp3) is 0.500. The number of rotatable bonds is 3. The highest BCUT2D eigenvalue weighted by Crippen LogP contribution is 2.30. The van der Waals surface area contributed by atoms with Gasteiger partial charge < -0.3 is 9.80 Å². The van der Waals surface area contributed by atoms with Crippen LogP contribution < -0.4 is 0 Å². The number of carbonyl (C=O) groups excluding carboxylic acids is 1. The lowest BCUT2D eigenvalue weighted by Crippen LogP contribution is -2.34. The predicted octanol–water partition coefficient (Wildman–Crippen LogP) is 3.23. The van der Waals surface area contributed by atoms with Crippen LogP contribution in [0.5, 0.6) is 0 Å². The van der Waals surface area contributed by atoms with E-state index in [0.29, 0.717) is 0 Å². The number of hydrogen-bond donors (Lipinski definition) is 0. The number of nitrogens with zero attached hydrogens (tertiary/aromatic N) is 2. The normalized spacial score (nSPS) is 20.1. The third kappa shape index (κ3) is 2.34. The monoisotopic (exact) mass is 264 g/mol. The third-order valence-electron chi connectivity index (χ3n) is 3.51. The highest BCUT2D eigenvalue weighted by Gasteiger charge is 2.36. The van der Waals surface area contributed by atoms with Crippen molar-refractivity contribution >= 4 is 17.8 Å². The van der Waals surface area contributed by atoms with Crippen LogP contribution in [0.4, 0.5) is 4.79 Å². The Labute approximate surface area is 113 Å². The van der Waals surface area contributed by atoms with Crippen LogP contribution in [-0.4, -0.2) is 41.7 Å². The lowest BCUT2D eigenvalue weighted by Gasteiger charge is -2.19. The van der Waals surface area contributed by atoms with E-state index in [0.717, 1.165) is 6.54 Å². The Morgan fingerprint density at radius 3 is 2.33 bits per heavy atom. The summed E-state index contributed by atoms with van der Waals surface area (Å²) in [6.45, 7) is 4.90. The Balaban J connectivity index is 2.20. The SMILES string of the molecule is CSc1ccc(C2CN(C(C)C)C(=O)N2C)cc1. The number of urea groups is 1. The number of amides is 2. The molecule has 3 nitrogen and oxygen atoms in total. The smallest absolute Gasteiger partial charge is 0.320 e. The van der Waals surface area contributed by atoms with Crippen LogP contribution >= 0.6 is 11.8 Å². The minimum absolute atomic E-state index is 0.129. The van der Waals surface area contributed by atoms with Crippen LogP contribution in [0.1, 0.15) is 25.5 Å². The predicted molar refractivity (Wildman–Crippen MR) is 76.0 cm³/mol. The zero-order chi connectivity index (χ0) is 13.3. The van der Waals surface area contributed by atoms with Crippen LogP contribution in [0.3, 0.4) is 0 Å². The van der Waals surface area contributed by atoms with Crippen LogP contribution in [0.15, 0.2) is 29.2 Å². The van der Waals surface area contributed by atoms with Gasteiger partial charge in [0, 0.05) is 24.5 Å². The number of thioether (sulfide) groups is 1. The van der Waals surface area contributed by atoms with Gasteiger partial charge in [-0.25, -0.2) is 4.79 Å². The van der Waals surface area contributed by atoms with E-state index in [4.69, 9.17) is 0 Å². The summed E-state index contributed by atoms with van der Waals surface area (Å²) in [6, 6.07) is 9.07. The summed E-state index contributed by atoms with van der Waals surface area (Å²) in [5, 5.41) is 0. The van der Waals surface area contributed by atoms with Gasteiger partial charge in [-0.15, -0.1) is 11.8 Å². The third-order valence-corrected chi connectivity index (χ3v) is 4.25. The van der Waals surface area contributed by atoms with Gasteiger partial charge in [-0.1, -0.05) is 12.1 Å². The first-order chi connectivity index (χ1) is 8.54. The minimum Gasteiger partial charge on any atom is -0.320 e. The first-order valence-corrected chi connectivity index (χ1v) is 7.44. The lowest BCUT2D eigenvalue weighted by atomic mass is 10.1. The number of likely N-dealkylation sites (N-methyl/N-ethyl adjacent to an activating group) is 1. The van der Waals surface area contributed by atoms with Gasteiger partial charge in [-0.05, 0) is 37.8 Å². The molecule has 1 saturated heterocycles. The van der Waals surface area contributed by atoms with Crippen LogP contribution in [0.25, 0.3) is 0 Å². The Bertz CT molecular complexity index is 430. The summed E-state index contributed by atoms with van der Waals surface area (Å²) in [5.74, 6) is 0. The molecule has 0 spiro atoms. The summed E-state index contributed by atoms with van der Waals surface area (Å²) in [6.07, 6.45) is 2.07. The van der Waals surface area contributed by atoms with Gasteiger partial charge in [0.05, 0.1) is 6.04 Å². The molecule has 4 heteroatoms. The number of carbonyl (C=O) groups is 1. The highest BCUT2D eigenvalue weighted by molar-refractivity contribution is 7.98. The Morgan fingerprint density at radius 2 is 1.89 bits per heavy atom. The standard InChI is InChI=1S/C14H20N2OS/c1-10(2)16-9-13(15(3)14(16)17)11-5-7-12(18-4)8-6-11/h5-8,10,13H,9H2,1-4H3. The van der Waals surface area contributed by atoms with E-state index in [2.05, 4.69) is 44.4 Å². The molecule has 0 N–H and O–H groups in total. The molecule has 0 aliphatic carbocycles. The van der Waals surface area contributed by atoms with Gasteiger partial charge >= 0.3 is 6.03 Å². The molecule has 0 bridgehead atoms. The van der Waals surface area contributed by atoms with Crippen molar-refractivity contribution in [2.75, 3.05) is 19.8 Å². The summed E-state index contributed by atoms with van der Waals surface area (Å²) < 4.78 is 0. The molecule has 1 aromatic rings. The first-order valence-electron chi connectivity index (χ1n) is 6.22. The maximum atomic E-state index is 12.1. The van der Waals surface area contributed by atoms with E-state index in [1.807, 2.05) is 16.8 Å². The van der Waals surface area contributed by atoms with Gasteiger partial charge in [0.25, 0.3) is 0 Å². The van der Waals surface area contributed by atoms with E-state index in [1.54, 1.807) is 11.8 Å². The highest BCUT2D eigenvalue weighted by atomic mass is 32.2. The van der Waals surface area contributed by atoms with E-state index in [1.165, 1.54) is 10.5 Å². The van der Waals surface area contributed by atoms with Crippen molar-refractivity contribution in [1.29, 1.82) is 0 Å². The summed E-state index contributed by atoms with van der Waals surface area (Å²) in [5.41, 5.74) is 1.21. The van der Waals surface area contributed by atoms with Crippen molar-refractivity contribution < 1.29 is 4.79 Å². The summed E-state index contributed by atoms with van der Waals surface area (Å²) in [4.78, 5) is 17.1. The van der Waals surface area contributed by atoms with E-state index in [-0.39, 0.29) is 18.1 Å². The molecule has 2 amide bonds. The van der Waals surface area contributed by atoms with Crippen molar-refractivity contribution in [1.82, 2.24) is 9.80 Å². The van der Waals surface area contributed by atoms with E-state index >= 15 is 0 Å². The molecule has 0 saturated carbocycles. The van der Waals surface area contributed by atoms with Crippen molar-refractivity contribution in [2.45, 2.75) is 30.8 Å². The molecule has 1 aromatic carbocycles. The van der Waals surface area contributed by atoms with Crippen LogP contribution in [-0.2, 0) is 0 Å². The Kier molecular flexibility index (Phi) is 3.85. The van der Waals surface area contributed by atoms with Gasteiger partial charge in [0.2, 0.25) is 0 Å². The molecule has 1 fully saturated rings. The maximum absolute atomic E-state index is 12.1. The summed E-state index contributed by atoms with van der Waals surface area (Å²) in [7, 11) is 1.89. The average Bonchev–Trinajstić information content (AvgIpc) is 2.67. The molecular weight excluding hydrogens is 244 g/mol. The van der Waals surface area contributed by atoms with Crippen molar-refractivity contribution in [2.24, 2.45) is 0 Å². The largest absolute Gasteiger partial charge is 0.320 e. The fourth-order valence-corrected chi connectivity index (χ4v) is 2.72. The van der Waals surface area contributed by atoms with Gasteiger partial charge in [0.1, 0.15) is 0 Å². The van der Waals surface area contributed by atoms with Crippen LogP contribution in [0, 0.1) is 0 Å². The summed E-state index contributed by atoms with van der Waals surface area (Å²) >= 11 is 1.74. The van der Waals surface area contributed by atoms with Gasteiger partial charge in [-0.3, -0.25) is 0 Å². The van der Waals surface area contributed by atoms with Crippen molar-refractivity contribution in [3.63, 3.8) is 0 Å².